The number of para-hydroxylation sites is 2. The fourth-order valence-electron chi connectivity index (χ4n) is 2.09. The Morgan fingerprint density at radius 3 is 2.28 bits per heavy atom. The lowest BCUT2D eigenvalue weighted by molar-refractivity contribution is -0.123. The van der Waals surface area contributed by atoms with Crippen LogP contribution in [0.3, 0.4) is 0 Å². The summed E-state index contributed by atoms with van der Waals surface area (Å²) < 4.78 is 16.7. The molecule has 0 saturated carbocycles. The molecule has 2 aromatic carbocycles. The van der Waals surface area contributed by atoms with Crippen molar-refractivity contribution in [2.75, 3.05) is 26.4 Å². The molecule has 0 aliphatic rings. The van der Waals surface area contributed by atoms with E-state index in [4.69, 9.17) is 14.2 Å². The Kier molecular flexibility index (Phi) is 7.63. The number of ether oxygens (including phenoxy) is 3. The van der Waals surface area contributed by atoms with Crippen molar-refractivity contribution in [3.05, 3.63) is 54.1 Å². The van der Waals surface area contributed by atoms with Gasteiger partial charge in [0.1, 0.15) is 12.4 Å². The molecule has 25 heavy (non-hydrogen) atoms. The number of carbonyl (C=O) groups is 1. The van der Waals surface area contributed by atoms with Crippen molar-refractivity contribution in [3.63, 3.8) is 0 Å². The first-order valence-electron chi connectivity index (χ1n) is 8.50. The largest absolute Gasteiger partial charge is 0.492 e. The molecular weight excluding hydrogens is 318 g/mol. The Labute approximate surface area is 148 Å². The van der Waals surface area contributed by atoms with Crippen molar-refractivity contribution >= 4 is 5.91 Å². The normalized spacial score (nSPS) is 10.2. The summed E-state index contributed by atoms with van der Waals surface area (Å²) in [6.45, 7) is 5.44. The van der Waals surface area contributed by atoms with Crippen LogP contribution in [0.25, 0.3) is 0 Å². The molecule has 0 saturated heterocycles. The molecule has 1 amide bonds. The summed E-state index contributed by atoms with van der Waals surface area (Å²) in [7, 11) is 0. The number of rotatable bonds is 10. The highest BCUT2D eigenvalue weighted by Gasteiger charge is 2.07. The molecule has 2 aromatic rings. The molecule has 134 valence electrons. The molecule has 0 bridgehead atoms. The lowest BCUT2D eigenvalue weighted by Gasteiger charge is -2.12. The van der Waals surface area contributed by atoms with Crippen LogP contribution in [0.5, 0.6) is 17.2 Å². The van der Waals surface area contributed by atoms with Crippen LogP contribution in [-0.2, 0) is 4.79 Å². The van der Waals surface area contributed by atoms with Crippen LogP contribution in [0.4, 0.5) is 0 Å². The standard InChI is InChI=1S/C20H25NO4/c1-3-13-24-18-6-4-5-7-19(18)25-15-20(22)21-12-14-23-17-10-8-16(2)9-11-17/h4-11H,3,12-15H2,1-2H3,(H,21,22). The maximum absolute atomic E-state index is 11.9. The summed E-state index contributed by atoms with van der Waals surface area (Å²) in [6, 6.07) is 15.1. The third-order valence-corrected chi connectivity index (χ3v) is 3.38. The highest BCUT2D eigenvalue weighted by Crippen LogP contribution is 2.26. The van der Waals surface area contributed by atoms with Gasteiger partial charge in [0.25, 0.3) is 5.91 Å². The molecule has 0 spiro atoms. The molecule has 0 unspecified atom stereocenters. The number of benzene rings is 2. The monoisotopic (exact) mass is 343 g/mol. The highest BCUT2D eigenvalue weighted by molar-refractivity contribution is 5.77. The Morgan fingerprint density at radius 1 is 0.920 bits per heavy atom. The van der Waals surface area contributed by atoms with Gasteiger partial charge in [0.2, 0.25) is 0 Å². The maximum atomic E-state index is 11.9. The van der Waals surface area contributed by atoms with Crippen LogP contribution in [-0.4, -0.2) is 32.3 Å². The first-order chi connectivity index (χ1) is 12.2. The molecule has 0 aliphatic carbocycles. The van der Waals surface area contributed by atoms with Gasteiger partial charge < -0.3 is 19.5 Å². The minimum absolute atomic E-state index is 0.0585. The first-order valence-corrected chi connectivity index (χ1v) is 8.50. The van der Waals surface area contributed by atoms with Gasteiger partial charge in [-0.15, -0.1) is 0 Å². The van der Waals surface area contributed by atoms with E-state index in [-0.39, 0.29) is 12.5 Å². The van der Waals surface area contributed by atoms with Gasteiger partial charge in [0.05, 0.1) is 13.2 Å². The van der Waals surface area contributed by atoms with Crippen LogP contribution in [0.2, 0.25) is 0 Å². The summed E-state index contributed by atoms with van der Waals surface area (Å²) in [4.78, 5) is 11.9. The van der Waals surface area contributed by atoms with Crippen LogP contribution in [0.15, 0.2) is 48.5 Å². The van der Waals surface area contributed by atoms with E-state index in [1.54, 1.807) is 6.07 Å². The molecule has 0 fully saturated rings. The molecule has 5 nitrogen and oxygen atoms in total. The van der Waals surface area contributed by atoms with Crippen molar-refractivity contribution < 1.29 is 19.0 Å². The first kappa shape index (κ1) is 18.6. The molecular formula is C20H25NO4. The fraction of sp³-hybridized carbons (Fsp3) is 0.350. The van der Waals surface area contributed by atoms with Crippen LogP contribution in [0.1, 0.15) is 18.9 Å². The van der Waals surface area contributed by atoms with Crippen molar-refractivity contribution in [1.29, 1.82) is 0 Å². The van der Waals surface area contributed by atoms with Gasteiger partial charge in [0, 0.05) is 0 Å². The molecule has 0 aromatic heterocycles. The van der Waals surface area contributed by atoms with Crippen LogP contribution < -0.4 is 19.5 Å². The minimum Gasteiger partial charge on any atom is -0.492 e. The Balaban J connectivity index is 1.68. The zero-order valence-corrected chi connectivity index (χ0v) is 14.8. The van der Waals surface area contributed by atoms with Crippen LogP contribution >= 0.6 is 0 Å². The average molecular weight is 343 g/mol. The SMILES string of the molecule is CCCOc1ccccc1OCC(=O)NCCOc1ccc(C)cc1. The Morgan fingerprint density at radius 2 is 1.60 bits per heavy atom. The van der Waals surface area contributed by atoms with Crippen molar-refractivity contribution in [1.82, 2.24) is 5.32 Å². The van der Waals surface area contributed by atoms with E-state index in [0.717, 1.165) is 12.2 Å². The Hall–Kier alpha value is -2.69. The number of amides is 1. The predicted octanol–water partition coefficient (Wildman–Crippen LogP) is 3.36. The molecule has 0 atom stereocenters. The second kappa shape index (κ2) is 10.2. The number of hydrogen-bond acceptors (Lipinski definition) is 4. The third kappa shape index (κ3) is 6.75. The topological polar surface area (TPSA) is 56.8 Å². The van der Waals surface area contributed by atoms with Gasteiger partial charge in [-0.1, -0.05) is 36.8 Å². The van der Waals surface area contributed by atoms with E-state index in [2.05, 4.69) is 5.32 Å². The predicted molar refractivity (Wildman–Crippen MR) is 97.4 cm³/mol. The van der Waals surface area contributed by atoms with E-state index in [1.165, 1.54) is 5.56 Å². The van der Waals surface area contributed by atoms with Gasteiger partial charge in [-0.25, -0.2) is 0 Å². The van der Waals surface area contributed by atoms with Gasteiger partial charge in [-0.05, 0) is 37.6 Å². The summed E-state index contributed by atoms with van der Waals surface area (Å²) in [5.74, 6) is 1.82. The average Bonchev–Trinajstić information content (AvgIpc) is 2.64. The molecule has 5 heteroatoms. The second-order valence-electron chi connectivity index (χ2n) is 5.60. The zero-order valence-electron chi connectivity index (χ0n) is 14.8. The third-order valence-electron chi connectivity index (χ3n) is 3.38. The Bertz CT molecular complexity index is 655. The number of carbonyl (C=O) groups excluding carboxylic acids is 1. The maximum Gasteiger partial charge on any atom is 0.258 e. The minimum atomic E-state index is -0.196. The fourth-order valence-corrected chi connectivity index (χ4v) is 2.09. The van der Waals surface area contributed by atoms with Crippen molar-refractivity contribution in [2.24, 2.45) is 0 Å². The van der Waals surface area contributed by atoms with E-state index in [0.29, 0.717) is 31.3 Å². The number of aryl methyl sites for hydroxylation is 1. The smallest absolute Gasteiger partial charge is 0.258 e. The lowest BCUT2D eigenvalue weighted by Crippen LogP contribution is -2.32. The molecule has 0 heterocycles. The summed E-state index contributed by atoms with van der Waals surface area (Å²) in [5.41, 5.74) is 1.18. The number of nitrogens with one attached hydrogen (secondary N) is 1. The van der Waals surface area contributed by atoms with Gasteiger partial charge in [-0.2, -0.15) is 0 Å². The van der Waals surface area contributed by atoms with Gasteiger partial charge >= 0.3 is 0 Å². The van der Waals surface area contributed by atoms with Gasteiger partial charge in [-0.3, -0.25) is 4.79 Å². The molecule has 0 aliphatic heterocycles. The summed E-state index contributed by atoms with van der Waals surface area (Å²) in [5, 5.41) is 2.77. The highest BCUT2D eigenvalue weighted by atomic mass is 16.5. The lowest BCUT2D eigenvalue weighted by atomic mass is 10.2. The molecule has 2 rings (SSSR count). The van der Waals surface area contributed by atoms with E-state index in [9.17, 15) is 4.79 Å². The molecule has 1 N–H and O–H groups in total. The summed E-state index contributed by atoms with van der Waals surface area (Å²) in [6.07, 6.45) is 0.913. The number of hydrogen-bond donors (Lipinski definition) is 1. The van der Waals surface area contributed by atoms with Gasteiger partial charge in [0.15, 0.2) is 18.1 Å². The second-order valence-corrected chi connectivity index (χ2v) is 5.60. The van der Waals surface area contributed by atoms with Crippen molar-refractivity contribution in [2.45, 2.75) is 20.3 Å². The molecule has 0 radical (unpaired) electrons. The summed E-state index contributed by atoms with van der Waals surface area (Å²) >= 11 is 0. The van der Waals surface area contributed by atoms with Crippen LogP contribution in [0, 0.1) is 6.92 Å². The van der Waals surface area contributed by atoms with E-state index >= 15 is 0 Å². The zero-order chi connectivity index (χ0) is 17.9. The van der Waals surface area contributed by atoms with E-state index < -0.39 is 0 Å². The van der Waals surface area contributed by atoms with Crippen molar-refractivity contribution in [3.8, 4) is 17.2 Å². The quantitative estimate of drug-likeness (QED) is 0.672. The van der Waals surface area contributed by atoms with E-state index in [1.807, 2.05) is 56.3 Å².